The average molecular weight is 246 g/mol. The largest absolute Gasteiger partial charge is 0.326 e. The van der Waals surface area contributed by atoms with Gasteiger partial charge >= 0.3 is 0 Å². The Bertz CT molecular complexity index is 377. The standard InChI is InChI=1S/C15H22N2O/c1-2-8-15(9-11-16-12-10-15)14(18)17-13-6-4-3-5-7-13/h3-7,16H,2,8-12H2,1H3,(H,17,18). The molecule has 0 atom stereocenters. The third-order valence-corrected chi connectivity index (χ3v) is 3.80. The number of hydrogen-bond acceptors (Lipinski definition) is 2. The molecule has 1 fully saturated rings. The van der Waals surface area contributed by atoms with Crippen LogP contribution in [0.25, 0.3) is 0 Å². The lowest BCUT2D eigenvalue weighted by Crippen LogP contribution is -2.44. The summed E-state index contributed by atoms with van der Waals surface area (Å²) in [5, 5.41) is 6.41. The van der Waals surface area contributed by atoms with E-state index < -0.39 is 0 Å². The van der Waals surface area contributed by atoms with Crippen molar-refractivity contribution in [3.05, 3.63) is 30.3 Å². The van der Waals surface area contributed by atoms with Gasteiger partial charge in [-0.1, -0.05) is 31.5 Å². The summed E-state index contributed by atoms with van der Waals surface area (Å²) in [5.41, 5.74) is 0.729. The van der Waals surface area contributed by atoms with E-state index in [1.54, 1.807) is 0 Å². The smallest absolute Gasteiger partial charge is 0.230 e. The average Bonchev–Trinajstić information content (AvgIpc) is 2.41. The van der Waals surface area contributed by atoms with E-state index in [-0.39, 0.29) is 11.3 Å². The van der Waals surface area contributed by atoms with Crippen LogP contribution in [0.15, 0.2) is 30.3 Å². The maximum Gasteiger partial charge on any atom is 0.230 e. The highest BCUT2D eigenvalue weighted by atomic mass is 16.2. The molecule has 1 aliphatic rings. The molecule has 1 aromatic carbocycles. The zero-order valence-electron chi connectivity index (χ0n) is 11.0. The van der Waals surface area contributed by atoms with Crippen molar-refractivity contribution in [2.75, 3.05) is 18.4 Å². The number of nitrogens with one attached hydrogen (secondary N) is 2. The first-order chi connectivity index (χ1) is 8.77. The van der Waals surface area contributed by atoms with Gasteiger partial charge in [0.1, 0.15) is 0 Å². The molecule has 1 aliphatic heterocycles. The first-order valence-electron chi connectivity index (χ1n) is 6.84. The van der Waals surface area contributed by atoms with Gasteiger partial charge in [-0.25, -0.2) is 0 Å². The summed E-state index contributed by atoms with van der Waals surface area (Å²) in [6, 6.07) is 9.74. The molecule has 2 rings (SSSR count). The second-order valence-corrected chi connectivity index (χ2v) is 5.10. The van der Waals surface area contributed by atoms with Crippen molar-refractivity contribution in [2.24, 2.45) is 5.41 Å². The second kappa shape index (κ2) is 6.01. The van der Waals surface area contributed by atoms with Crippen LogP contribution in [0.1, 0.15) is 32.6 Å². The van der Waals surface area contributed by atoms with Crippen LogP contribution in [0.3, 0.4) is 0 Å². The van der Waals surface area contributed by atoms with Crippen LogP contribution in [0.2, 0.25) is 0 Å². The molecule has 3 heteroatoms. The normalized spacial score (nSPS) is 18.3. The SMILES string of the molecule is CCCC1(C(=O)Nc2ccccc2)CCNCC1. The van der Waals surface area contributed by atoms with Crippen LogP contribution < -0.4 is 10.6 Å². The Kier molecular flexibility index (Phi) is 4.37. The summed E-state index contributed by atoms with van der Waals surface area (Å²) in [6.07, 6.45) is 3.93. The topological polar surface area (TPSA) is 41.1 Å². The monoisotopic (exact) mass is 246 g/mol. The van der Waals surface area contributed by atoms with E-state index in [2.05, 4.69) is 17.6 Å². The molecule has 0 spiro atoms. The fraction of sp³-hybridized carbons (Fsp3) is 0.533. The molecule has 0 unspecified atom stereocenters. The minimum atomic E-state index is -0.171. The van der Waals surface area contributed by atoms with Crippen molar-refractivity contribution in [1.82, 2.24) is 5.32 Å². The molecule has 0 bridgehead atoms. The molecule has 2 N–H and O–H groups in total. The molecule has 3 nitrogen and oxygen atoms in total. The van der Waals surface area contributed by atoms with Crippen molar-refractivity contribution in [3.63, 3.8) is 0 Å². The maximum absolute atomic E-state index is 12.5. The molecule has 1 saturated heterocycles. The second-order valence-electron chi connectivity index (χ2n) is 5.10. The van der Waals surface area contributed by atoms with Gasteiger partial charge in [0.2, 0.25) is 5.91 Å². The zero-order valence-corrected chi connectivity index (χ0v) is 11.0. The lowest BCUT2D eigenvalue weighted by molar-refractivity contribution is -0.127. The van der Waals surface area contributed by atoms with Crippen LogP contribution in [0, 0.1) is 5.41 Å². The van der Waals surface area contributed by atoms with Crippen LogP contribution in [0.4, 0.5) is 5.69 Å². The van der Waals surface area contributed by atoms with Gasteiger partial charge in [0.25, 0.3) is 0 Å². The number of hydrogen-bond donors (Lipinski definition) is 2. The summed E-state index contributed by atoms with van der Waals surface area (Å²) in [5.74, 6) is 0.192. The van der Waals surface area contributed by atoms with Gasteiger partial charge in [-0.05, 0) is 44.5 Å². The summed E-state index contributed by atoms with van der Waals surface area (Å²) in [6.45, 7) is 4.05. The number of para-hydroxylation sites is 1. The Hall–Kier alpha value is -1.35. The number of anilines is 1. The summed E-state index contributed by atoms with van der Waals surface area (Å²) >= 11 is 0. The van der Waals surface area contributed by atoms with Crippen LogP contribution in [-0.2, 0) is 4.79 Å². The Morgan fingerprint density at radius 3 is 2.56 bits per heavy atom. The number of carbonyl (C=O) groups is 1. The predicted molar refractivity (Wildman–Crippen MR) is 74.5 cm³/mol. The van der Waals surface area contributed by atoms with Gasteiger partial charge in [0.15, 0.2) is 0 Å². The van der Waals surface area contributed by atoms with Crippen molar-refractivity contribution >= 4 is 11.6 Å². The highest BCUT2D eigenvalue weighted by Gasteiger charge is 2.38. The van der Waals surface area contributed by atoms with Crippen molar-refractivity contribution in [2.45, 2.75) is 32.6 Å². The molecule has 0 aliphatic carbocycles. The lowest BCUT2D eigenvalue weighted by Gasteiger charge is -2.36. The van der Waals surface area contributed by atoms with E-state index in [0.717, 1.165) is 44.5 Å². The number of piperidine rings is 1. The maximum atomic E-state index is 12.5. The van der Waals surface area contributed by atoms with E-state index in [0.29, 0.717) is 0 Å². The molecule has 1 amide bonds. The predicted octanol–water partition coefficient (Wildman–Crippen LogP) is 2.80. The third kappa shape index (κ3) is 2.91. The molecule has 1 heterocycles. The summed E-state index contributed by atoms with van der Waals surface area (Å²) < 4.78 is 0. The number of amides is 1. The number of benzene rings is 1. The Balaban J connectivity index is 2.08. The van der Waals surface area contributed by atoms with Gasteiger partial charge in [-0.2, -0.15) is 0 Å². The molecule has 0 aromatic heterocycles. The van der Waals surface area contributed by atoms with E-state index in [9.17, 15) is 4.79 Å². The first-order valence-corrected chi connectivity index (χ1v) is 6.84. The Labute approximate surface area is 109 Å². The van der Waals surface area contributed by atoms with Crippen LogP contribution in [-0.4, -0.2) is 19.0 Å². The zero-order chi connectivity index (χ0) is 12.8. The summed E-state index contributed by atoms with van der Waals surface area (Å²) in [7, 11) is 0. The van der Waals surface area contributed by atoms with Gasteiger partial charge in [-0.3, -0.25) is 4.79 Å². The van der Waals surface area contributed by atoms with Crippen molar-refractivity contribution < 1.29 is 4.79 Å². The highest BCUT2D eigenvalue weighted by molar-refractivity contribution is 5.95. The fourth-order valence-electron chi connectivity index (χ4n) is 2.76. The van der Waals surface area contributed by atoms with Gasteiger partial charge in [-0.15, -0.1) is 0 Å². The highest BCUT2D eigenvalue weighted by Crippen LogP contribution is 2.35. The number of carbonyl (C=O) groups excluding carboxylic acids is 1. The van der Waals surface area contributed by atoms with Crippen molar-refractivity contribution in [1.29, 1.82) is 0 Å². The van der Waals surface area contributed by atoms with E-state index >= 15 is 0 Å². The van der Waals surface area contributed by atoms with Crippen LogP contribution >= 0.6 is 0 Å². The fourth-order valence-corrected chi connectivity index (χ4v) is 2.76. The first kappa shape index (κ1) is 13.1. The van der Waals surface area contributed by atoms with Gasteiger partial charge in [0.05, 0.1) is 5.41 Å². The molecule has 0 saturated carbocycles. The van der Waals surface area contributed by atoms with E-state index in [4.69, 9.17) is 0 Å². The molecule has 98 valence electrons. The Morgan fingerprint density at radius 2 is 1.94 bits per heavy atom. The van der Waals surface area contributed by atoms with Crippen molar-refractivity contribution in [3.8, 4) is 0 Å². The van der Waals surface area contributed by atoms with Gasteiger partial charge < -0.3 is 10.6 Å². The number of rotatable bonds is 4. The molecule has 0 radical (unpaired) electrons. The third-order valence-electron chi connectivity index (χ3n) is 3.80. The van der Waals surface area contributed by atoms with E-state index in [1.807, 2.05) is 30.3 Å². The molecular formula is C15H22N2O. The lowest BCUT2D eigenvalue weighted by atomic mass is 9.74. The molecule has 1 aromatic rings. The Morgan fingerprint density at radius 1 is 1.28 bits per heavy atom. The quantitative estimate of drug-likeness (QED) is 0.857. The minimum absolute atomic E-state index is 0.171. The summed E-state index contributed by atoms with van der Waals surface area (Å²) in [4.78, 5) is 12.5. The minimum Gasteiger partial charge on any atom is -0.326 e. The van der Waals surface area contributed by atoms with Gasteiger partial charge in [0, 0.05) is 5.69 Å². The molecular weight excluding hydrogens is 224 g/mol. The molecule has 18 heavy (non-hydrogen) atoms. The van der Waals surface area contributed by atoms with E-state index in [1.165, 1.54) is 0 Å². The van der Waals surface area contributed by atoms with Crippen LogP contribution in [0.5, 0.6) is 0 Å².